The first-order chi connectivity index (χ1) is 14.7. The summed E-state index contributed by atoms with van der Waals surface area (Å²) in [5.41, 5.74) is 4.60. The molecule has 31 heavy (non-hydrogen) atoms. The quantitative estimate of drug-likeness (QED) is 0.507. The van der Waals surface area contributed by atoms with Crippen LogP contribution in [0.1, 0.15) is 49.4 Å². The first-order valence-electron chi connectivity index (χ1n) is 10.7. The molecule has 1 N–H and O–H groups in total. The topological polar surface area (TPSA) is 49.4 Å². The number of aryl methyl sites for hydroxylation is 2. The van der Waals surface area contributed by atoms with Crippen LogP contribution in [-0.4, -0.2) is 34.6 Å². The minimum absolute atomic E-state index is 0.0453. The number of carbonyl (C=O) groups excluding carboxylic acids is 2. The second-order valence-corrected chi connectivity index (χ2v) is 9.55. The first-order valence-corrected chi connectivity index (χ1v) is 12.2. The highest BCUT2D eigenvalue weighted by molar-refractivity contribution is 7.99. The third-order valence-electron chi connectivity index (χ3n) is 5.21. The average molecular weight is 461 g/mol. The average Bonchev–Trinajstić information content (AvgIpc) is 2.71. The van der Waals surface area contributed by atoms with Crippen molar-refractivity contribution in [3.63, 3.8) is 0 Å². The molecule has 2 aromatic rings. The molecule has 0 fully saturated rings. The molecule has 0 spiro atoms. The van der Waals surface area contributed by atoms with E-state index in [4.69, 9.17) is 11.6 Å². The summed E-state index contributed by atoms with van der Waals surface area (Å²) in [7, 11) is 0. The van der Waals surface area contributed by atoms with E-state index < -0.39 is 6.04 Å². The van der Waals surface area contributed by atoms with Crippen molar-refractivity contribution in [3.8, 4) is 0 Å². The van der Waals surface area contributed by atoms with Gasteiger partial charge in [-0.1, -0.05) is 60.0 Å². The van der Waals surface area contributed by atoms with E-state index in [9.17, 15) is 9.59 Å². The lowest BCUT2D eigenvalue weighted by atomic mass is 10.1. The second kappa shape index (κ2) is 12.2. The molecule has 168 valence electrons. The largest absolute Gasteiger partial charge is 0.352 e. The SMILES string of the molecule is CC[C@@H](C)NC(=O)[C@@H](C)N(Cc1ccc(Cl)cc1)C(=O)CSCc1cc(C)cc(C)c1. The molecule has 2 amide bonds. The Morgan fingerprint density at radius 3 is 2.23 bits per heavy atom. The van der Waals surface area contributed by atoms with Gasteiger partial charge < -0.3 is 10.2 Å². The van der Waals surface area contributed by atoms with E-state index >= 15 is 0 Å². The maximum Gasteiger partial charge on any atom is 0.242 e. The maximum atomic E-state index is 13.1. The summed E-state index contributed by atoms with van der Waals surface area (Å²) in [6, 6.07) is 13.4. The van der Waals surface area contributed by atoms with Crippen LogP contribution in [0, 0.1) is 13.8 Å². The summed E-state index contributed by atoms with van der Waals surface area (Å²) in [6.45, 7) is 10.3. The van der Waals surface area contributed by atoms with Crippen molar-refractivity contribution in [2.45, 2.75) is 65.4 Å². The molecule has 2 atom stereocenters. The fourth-order valence-electron chi connectivity index (χ4n) is 3.33. The van der Waals surface area contributed by atoms with Crippen LogP contribution in [0.15, 0.2) is 42.5 Å². The lowest BCUT2D eigenvalue weighted by Crippen LogP contribution is -2.50. The lowest BCUT2D eigenvalue weighted by Gasteiger charge is -2.29. The molecule has 0 aliphatic heterocycles. The number of halogens is 1. The molecule has 4 nitrogen and oxygen atoms in total. The van der Waals surface area contributed by atoms with Crippen LogP contribution in [0.4, 0.5) is 0 Å². The molecule has 2 aromatic carbocycles. The monoisotopic (exact) mass is 460 g/mol. The van der Waals surface area contributed by atoms with E-state index in [0.29, 0.717) is 17.3 Å². The van der Waals surface area contributed by atoms with Gasteiger partial charge in [-0.3, -0.25) is 9.59 Å². The number of hydrogen-bond donors (Lipinski definition) is 1. The van der Waals surface area contributed by atoms with Gasteiger partial charge in [0.25, 0.3) is 0 Å². The van der Waals surface area contributed by atoms with E-state index in [1.165, 1.54) is 16.7 Å². The Balaban J connectivity index is 2.08. The fraction of sp³-hybridized carbons (Fsp3) is 0.440. The van der Waals surface area contributed by atoms with Crippen LogP contribution in [0.3, 0.4) is 0 Å². The van der Waals surface area contributed by atoms with Crippen molar-refractivity contribution in [2.75, 3.05) is 5.75 Å². The van der Waals surface area contributed by atoms with Crippen molar-refractivity contribution < 1.29 is 9.59 Å². The zero-order chi connectivity index (χ0) is 23.0. The standard InChI is InChI=1S/C25H33ClN2O2S/c1-6-19(4)27-25(30)20(5)28(14-21-7-9-23(26)10-8-21)24(29)16-31-15-22-12-17(2)11-18(3)13-22/h7-13,19-20H,6,14-16H2,1-5H3,(H,27,30)/t19-,20-/m1/s1. The van der Waals surface area contributed by atoms with Gasteiger partial charge in [-0.25, -0.2) is 0 Å². The summed E-state index contributed by atoms with van der Waals surface area (Å²) >= 11 is 7.57. The van der Waals surface area contributed by atoms with Gasteiger partial charge in [0.15, 0.2) is 0 Å². The zero-order valence-electron chi connectivity index (χ0n) is 19.1. The number of carbonyl (C=O) groups is 2. The highest BCUT2D eigenvalue weighted by Gasteiger charge is 2.26. The van der Waals surface area contributed by atoms with Crippen LogP contribution >= 0.6 is 23.4 Å². The molecule has 0 radical (unpaired) electrons. The summed E-state index contributed by atoms with van der Waals surface area (Å²) in [4.78, 5) is 27.5. The summed E-state index contributed by atoms with van der Waals surface area (Å²) < 4.78 is 0. The van der Waals surface area contributed by atoms with Crippen molar-refractivity contribution in [2.24, 2.45) is 0 Å². The Morgan fingerprint density at radius 1 is 1.03 bits per heavy atom. The van der Waals surface area contributed by atoms with Gasteiger partial charge >= 0.3 is 0 Å². The molecule has 6 heteroatoms. The molecule has 0 saturated carbocycles. The lowest BCUT2D eigenvalue weighted by molar-refractivity contribution is -0.138. The van der Waals surface area contributed by atoms with E-state index in [2.05, 4.69) is 37.4 Å². The molecule has 0 unspecified atom stereocenters. The predicted octanol–water partition coefficient (Wildman–Crippen LogP) is 5.52. The van der Waals surface area contributed by atoms with Gasteiger partial charge in [0, 0.05) is 23.4 Å². The normalized spacial score (nSPS) is 12.8. The Morgan fingerprint density at radius 2 is 1.65 bits per heavy atom. The molecule has 0 aliphatic carbocycles. The van der Waals surface area contributed by atoms with Crippen LogP contribution in [-0.2, 0) is 21.9 Å². The Hall–Kier alpha value is -1.98. The fourth-order valence-corrected chi connectivity index (χ4v) is 4.30. The molecule has 0 bridgehead atoms. The molecular weight excluding hydrogens is 428 g/mol. The van der Waals surface area contributed by atoms with Gasteiger partial charge in [0.05, 0.1) is 5.75 Å². The van der Waals surface area contributed by atoms with Gasteiger partial charge in [-0.05, 0) is 57.4 Å². The number of thioether (sulfide) groups is 1. The van der Waals surface area contributed by atoms with Gasteiger partial charge in [-0.15, -0.1) is 11.8 Å². The highest BCUT2D eigenvalue weighted by Crippen LogP contribution is 2.19. The first kappa shape index (κ1) is 25.3. The van der Waals surface area contributed by atoms with Crippen LogP contribution in [0.2, 0.25) is 5.02 Å². The van der Waals surface area contributed by atoms with Crippen LogP contribution in [0.25, 0.3) is 0 Å². The third kappa shape index (κ3) is 8.23. The van der Waals surface area contributed by atoms with E-state index in [0.717, 1.165) is 17.7 Å². The number of benzene rings is 2. The minimum atomic E-state index is -0.556. The number of rotatable bonds is 10. The number of nitrogens with zero attached hydrogens (tertiary/aromatic N) is 1. The van der Waals surface area contributed by atoms with Gasteiger partial charge in [0.1, 0.15) is 6.04 Å². The van der Waals surface area contributed by atoms with E-state index in [1.807, 2.05) is 26.0 Å². The molecule has 0 aromatic heterocycles. The summed E-state index contributed by atoms with van der Waals surface area (Å²) in [5, 5.41) is 3.64. The number of hydrogen-bond acceptors (Lipinski definition) is 3. The Kier molecular flexibility index (Phi) is 9.92. The molecular formula is C25H33ClN2O2S. The predicted molar refractivity (Wildman–Crippen MR) is 131 cm³/mol. The molecule has 2 rings (SSSR count). The van der Waals surface area contributed by atoms with Gasteiger partial charge in [0.2, 0.25) is 11.8 Å². The number of amides is 2. The molecule has 0 heterocycles. The third-order valence-corrected chi connectivity index (χ3v) is 6.45. The minimum Gasteiger partial charge on any atom is -0.352 e. The summed E-state index contributed by atoms with van der Waals surface area (Å²) in [5.74, 6) is 0.907. The summed E-state index contributed by atoms with van der Waals surface area (Å²) in [6.07, 6.45) is 0.843. The Labute approximate surface area is 195 Å². The van der Waals surface area contributed by atoms with Gasteiger partial charge in [-0.2, -0.15) is 0 Å². The van der Waals surface area contributed by atoms with Crippen LogP contribution in [0.5, 0.6) is 0 Å². The number of nitrogens with one attached hydrogen (secondary N) is 1. The zero-order valence-corrected chi connectivity index (χ0v) is 20.6. The van der Waals surface area contributed by atoms with E-state index in [1.54, 1.807) is 35.7 Å². The highest BCUT2D eigenvalue weighted by atomic mass is 35.5. The maximum absolute atomic E-state index is 13.1. The van der Waals surface area contributed by atoms with Crippen molar-refractivity contribution >= 4 is 35.2 Å². The molecule has 0 saturated heterocycles. The van der Waals surface area contributed by atoms with Crippen molar-refractivity contribution in [1.29, 1.82) is 0 Å². The Bertz CT molecular complexity index is 865. The van der Waals surface area contributed by atoms with E-state index in [-0.39, 0.29) is 17.9 Å². The van der Waals surface area contributed by atoms with Crippen molar-refractivity contribution in [3.05, 3.63) is 69.7 Å². The molecule has 0 aliphatic rings. The van der Waals surface area contributed by atoms with Crippen LogP contribution < -0.4 is 5.32 Å². The smallest absolute Gasteiger partial charge is 0.242 e. The van der Waals surface area contributed by atoms with Crippen molar-refractivity contribution in [1.82, 2.24) is 10.2 Å². The second-order valence-electron chi connectivity index (χ2n) is 8.13.